The normalized spacial score (nSPS) is 17.2. The van der Waals surface area contributed by atoms with Crippen LogP contribution in [0.15, 0.2) is 4.34 Å². The van der Waals surface area contributed by atoms with Gasteiger partial charge in [0.2, 0.25) is 15.4 Å². The van der Waals surface area contributed by atoms with E-state index in [0.717, 1.165) is 24.2 Å². The molecule has 1 aromatic rings. The number of aromatic nitrogens is 2. The second-order valence-electron chi connectivity index (χ2n) is 4.58. The summed E-state index contributed by atoms with van der Waals surface area (Å²) in [5.74, 6) is -0.326. The van der Waals surface area contributed by atoms with E-state index in [-0.39, 0.29) is 20.8 Å². The summed E-state index contributed by atoms with van der Waals surface area (Å²) in [6, 6.07) is 0. The van der Waals surface area contributed by atoms with E-state index in [1.165, 1.54) is 6.92 Å². The maximum absolute atomic E-state index is 12.0. The van der Waals surface area contributed by atoms with Crippen molar-refractivity contribution in [2.24, 2.45) is 11.1 Å². The topological polar surface area (TPSA) is 127 Å². The van der Waals surface area contributed by atoms with Crippen molar-refractivity contribution in [1.29, 1.82) is 0 Å². The van der Waals surface area contributed by atoms with Gasteiger partial charge in [0, 0.05) is 13.5 Å². The molecule has 0 bridgehead atoms. The fraction of sp³-hybridized carbons (Fsp3) is 0.667. The van der Waals surface area contributed by atoms with Crippen LogP contribution in [0.5, 0.6) is 0 Å². The molecule has 0 spiro atoms. The summed E-state index contributed by atoms with van der Waals surface area (Å²) >= 11 is 0.811. The van der Waals surface area contributed by atoms with Gasteiger partial charge in [0.15, 0.2) is 0 Å². The van der Waals surface area contributed by atoms with Crippen LogP contribution >= 0.6 is 11.3 Å². The van der Waals surface area contributed by atoms with Crippen molar-refractivity contribution in [3.8, 4) is 0 Å². The zero-order valence-electron chi connectivity index (χ0n) is 10.3. The van der Waals surface area contributed by atoms with Gasteiger partial charge in [-0.15, -0.1) is 10.2 Å². The van der Waals surface area contributed by atoms with E-state index in [9.17, 15) is 13.2 Å². The third-order valence-electron chi connectivity index (χ3n) is 2.95. The molecule has 1 amide bonds. The largest absolute Gasteiger partial charge is 0.330 e. The number of carbonyl (C=O) groups is 1. The molecular formula is C9H15N5O3S2. The fourth-order valence-corrected chi connectivity index (χ4v) is 3.60. The molecule has 106 valence electrons. The Bertz CT molecular complexity index is 578. The summed E-state index contributed by atoms with van der Waals surface area (Å²) in [6.07, 6.45) is 1.86. The lowest BCUT2D eigenvalue weighted by Gasteiger charge is -2.11. The molecule has 1 aromatic heterocycles. The molecular weight excluding hydrogens is 290 g/mol. The van der Waals surface area contributed by atoms with E-state index >= 15 is 0 Å². The highest BCUT2D eigenvalue weighted by Crippen LogP contribution is 2.43. The van der Waals surface area contributed by atoms with Crippen LogP contribution < -0.4 is 15.8 Å². The highest BCUT2D eigenvalue weighted by molar-refractivity contribution is 7.91. The van der Waals surface area contributed by atoms with E-state index in [4.69, 9.17) is 5.73 Å². The van der Waals surface area contributed by atoms with Crippen molar-refractivity contribution in [2.45, 2.75) is 24.1 Å². The number of carbonyl (C=O) groups excluding carboxylic acids is 1. The maximum atomic E-state index is 12.0. The Hall–Kier alpha value is -1.10. The molecule has 19 heavy (non-hydrogen) atoms. The second-order valence-corrected chi connectivity index (χ2v) is 7.50. The van der Waals surface area contributed by atoms with Gasteiger partial charge in [0.1, 0.15) is 0 Å². The Balaban J connectivity index is 2.02. The standard InChI is InChI=1S/C9H15N5O3S2/c1-6(15)12-7-13-14-8(18-7)19(16,17)11-5-9(4-10)2-3-9/h11H,2-5,10H2,1H3,(H,12,13,15). The first-order valence-electron chi connectivity index (χ1n) is 5.68. The molecule has 0 atom stereocenters. The number of hydrogen-bond donors (Lipinski definition) is 3. The summed E-state index contributed by atoms with van der Waals surface area (Å²) in [6.45, 7) is 2.08. The van der Waals surface area contributed by atoms with Crippen molar-refractivity contribution in [1.82, 2.24) is 14.9 Å². The lowest BCUT2D eigenvalue weighted by atomic mass is 10.1. The van der Waals surface area contributed by atoms with E-state index < -0.39 is 10.0 Å². The van der Waals surface area contributed by atoms with Crippen LogP contribution in [-0.2, 0) is 14.8 Å². The minimum atomic E-state index is -3.69. The first kappa shape index (κ1) is 14.3. The number of anilines is 1. The number of nitrogens with zero attached hydrogens (tertiary/aromatic N) is 2. The van der Waals surface area contributed by atoms with Gasteiger partial charge in [0.25, 0.3) is 10.0 Å². The molecule has 0 aliphatic heterocycles. The lowest BCUT2D eigenvalue weighted by Crippen LogP contribution is -2.33. The first-order chi connectivity index (χ1) is 8.87. The Morgan fingerprint density at radius 2 is 2.16 bits per heavy atom. The van der Waals surface area contributed by atoms with E-state index in [2.05, 4.69) is 20.2 Å². The molecule has 0 saturated heterocycles. The van der Waals surface area contributed by atoms with Crippen LogP contribution in [0.1, 0.15) is 19.8 Å². The van der Waals surface area contributed by atoms with Crippen LogP contribution in [0.2, 0.25) is 0 Å². The predicted octanol–water partition coefficient (Wildman–Crippen LogP) is -0.486. The highest BCUT2D eigenvalue weighted by atomic mass is 32.2. The molecule has 10 heteroatoms. The molecule has 0 radical (unpaired) electrons. The second kappa shape index (κ2) is 5.12. The van der Waals surface area contributed by atoms with Crippen molar-refractivity contribution in [2.75, 3.05) is 18.4 Å². The number of sulfonamides is 1. The Morgan fingerprint density at radius 1 is 1.47 bits per heavy atom. The van der Waals surface area contributed by atoms with Crippen LogP contribution in [0.3, 0.4) is 0 Å². The van der Waals surface area contributed by atoms with Crippen molar-refractivity contribution in [3.05, 3.63) is 0 Å². The van der Waals surface area contributed by atoms with Crippen molar-refractivity contribution < 1.29 is 13.2 Å². The van der Waals surface area contributed by atoms with Gasteiger partial charge in [-0.1, -0.05) is 11.3 Å². The van der Waals surface area contributed by atoms with E-state index in [1.54, 1.807) is 0 Å². The van der Waals surface area contributed by atoms with Gasteiger partial charge in [-0.05, 0) is 24.8 Å². The van der Waals surface area contributed by atoms with E-state index in [1.807, 2.05) is 0 Å². The Labute approximate surface area is 114 Å². The van der Waals surface area contributed by atoms with Gasteiger partial charge >= 0.3 is 0 Å². The Kier molecular flexibility index (Phi) is 3.85. The Morgan fingerprint density at radius 3 is 2.68 bits per heavy atom. The molecule has 1 aliphatic rings. The van der Waals surface area contributed by atoms with Crippen LogP contribution in [0, 0.1) is 5.41 Å². The lowest BCUT2D eigenvalue weighted by molar-refractivity contribution is -0.114. The molecule has 2 rings (SSSR count). The molecule has 8 nitrogen and oxygen atoms in total. The number of hydrogen-bond acceptors (Lipinski definition) is 7. The molecule has 1 fully saturated rings. The number of amides is 1. The van der Waals surface area contributed by atoms with Crippen molar-refractivity contribution in [3.63, 3.8) is 0 Å². The van der Waals surface area contributed by atoms with Crippen LogP contribution in [-0.4, -0.2) is 37.6 Å². The third kappa shape index (κ3) is 3.47. The summed E-state index contributed by atoms with van der Waals surface area (Å²) in [4.78, 5) is 10.8. The molecule has 1 heterocycles. The van der Waals surface area contributed by atoms with Gasteiger partial charge in [-0.25, -0.2) is 13.1 Å². The van der Waals surface area contributed by atoms with Gasteiger partial charge in [-0.3, -0.25) is 4.79 Å². The summed E-state index contributed by atoms with van der Waals surface area (Å²) < 4.78 is 26.3. The summed E-state index contributed by atoms with van der Waals surface area (Å²) in [5.41, 5.74) is 5.49. The average Bonchev–Trinajstić information content (AvgIpc) is 2.98. The maximum Gasteiger partial charge on any atom is 0.269 e. The average molecular weight is 305 g/mol. The summed E-state index contributed by atoms with van der Waals surface area (Å²) in [7, 11) is -3.69. The monoisotopic (exact) mass is 305 g/mol. The van der Waals surface area contributed by atoms with Gasteiger partial charge in [0.05, 0.1) is 0 Å². The van der Waals surface area contributed by atoms with Crippen LogP contribution in [0.25, 0.3) is 0 Å². The predicted molar refractivity (Wildman–Crippen MR) is 70.1 cm³/mol. The molecule has 0 unspecified atom stereocenters. The van der Waals surface area contributed by atoms with E-state index in [0.29, 0.717) is 13.1 Å². The highest BCUT2D eigenvalue weighted by Gasteiger charge is 2.42. The smallest absolute Gasteiger partial charge is 0.269 e. The zero-order valence-corrected chi connectivity index (χ0v) is 12.0. The van der Waals surface area contributed by atoms with Gasteiger partial charge in [-0.2, -0.15) is 0 Å². The summed E-state index contributed by atoms with van der Waals surface area (Å²) in [5, 5.41) is 9.70. The first-order valence-corrected chi connectivity index (χ1v) is 7.98. The minimum Gasteiger partial charge on any atom is -0.330 e. The fourth-order valence-electron chi connectivity index (χ4n) is 1.46. The molecule has 4 N–H and O–H groups in total. The zero-order chi connectivity index (χ0) is 14.1. The molecule has 1 saturated carbocycles. The number of nitrogens with two attached hydrogens (primary N) is 1. The van der Waals surface area contributed by atoms with Gasteiger partial charge < -0.3 is 11.1 Å². The quantitative estimate of drug-likeness (QED) is 0.609. The number of rotatable bonds is 6. The SMILES string of the molecule is CC(=O)Nc1nnc(S(=O)(=O)NCC2(CN)CC2)s1. The number of nitrogens with one attached hydrogen (secondary N) is 2. The molecule has 0 aromatic carbocycles. The minimum absolute atomic E-state index is 0.0990. The molecule has 1 aliphatic carbocycles. The third-order valence-corrected chi connectivity index (χ3v) is 5.55. The van der Waals surface area contributed by atoms with Crippen molar-refractivity contribution >= 4 is 32.4 Å². The van der Waals surface area contributed by atoms with Crippen LogP contribution in [0.4, 0.5) is 5.13 Å².